The van der Waals surface area contributed by atoms with E-state index in [2.05, 4.69) is 0 Å². The van der Waals surface area contributed by atoms with Crippen molar-refractivity contribution in [3.05, 3.63) is 45.5 Å². The molecule has 1 aromatic carbocycles. The monoisotopic (exact) mass is 163 g/mol. The van der Waals surface area contributed by atoms with Gasteiger partial charge in [0.05, 0.1) is 0 Å². The summed E-state index contributed by atoms with van der Waals surface area (Å²) in [6, 6.07) is 7.42. The van der Waals surface area contributed by atoms with Crippen LogP contribution in [-0.2, 0) is 12.8 Å². The molecule has 0 aliphatic heterocycles. The van der Waals surface area contributed by atoms with Gasteiger partial charge in [-0.05, 0) is 11.1 Å². The summed E-state index contributed by atoms with van der Waals surface area (Å²) in [6.45, 7) is 0. The molecule has 0 atom stereocenters. The summed E-state index contributed by atoms with van der Waals surface area (Å²) < 4.78 is 0. The van der Waals surface area contributed by atoms with E-state index < -0.39 is 0 Å². The van der Waals surface area contributed by atoms with Gasteiger partial charge >= 0.3 is 0 Å². The number of hydrogen-bond acceptors (Lipinski definition) is 2. The van der Waals surface area contributed by atoms with Crippen LogP contribution < -0.4 is 0 Å². The molecule has 62 valence electrons. The van der Waals surface area contributed by atoms with Crippen molar-refractivity contribution < 1.29 is 4.92 Å². The van der Waals surface area contributed by atoms with Crippen LogP contribution in [0, 0.1) is 10.1 Å². The van der Waals surface area contributed by atoms with Crippen molar-refractivity contribution in [2.75, 3.05) is 0 Å². The van der Waals surface area contributed by atoms with Gasteiger partial charge in [-0.25, -0.2) is 0 Å². The molecule has 1 aromatic rings. The molecule has 0 unspecified atom stereocenters. The number of fused-ring (bicyclic) bond motifs is 1. The Bertz CT molecular complexity index is 297. The predicted molar refractivity (Wildman–Crippen MR) is 44.6 cm³/mol. The number of nitro groups is 1. The molecule has 0 aromatic heterocycles. The van der Waals surface area contributed by atoms with Crippen molar-refractivity contribution in [3.63, 3.8) is 0 Å². The van der Waals surface area contributed by atoms with E-state index in [4.69, 9.17) is 0 Å². The van der Waals surface area contributed by atoms with Gasteiger partial charge < -0.3 is 0 Å². The van der Waals surface area contributed by atoms with Gasteiger partial charge in [0, 0.05) is 17.8 Å². The van der Waals surface area contributed by atoms with E-state index in [1.165, 1.54) is 0 Å². The Hall–Kier alpha value is -1.38. The number of rotatable bonds is 1. The van der Waals surface area contributed by atoms with Crippen LogP contribution in [0.25, 0.3) is 0 Å². The molecule has 0 radical (unpaired) electrons. The first-order valence-corrected chi connectivity index (χ1v) is 3.97. The van der Waals surface area contributed by atoms with Gasteiger partial charge in [-0.1, -0.05) is 24.3 Å². The van der Waals surface area contributed by atoms with Crippen molar-refractivity contribution in [3.8, 4) is 0 Å². The maximum atomic E-state index is 10.5. The normalized spacial score (nSPS) is 16.0. The smallest absolute Gasteiger partial charge is 0.221 e. The first-order valence-electron chi connectivity index (χ1n) is 3.97. The fourth-order valence-electron chi connectivity index (χ4n) is 1.68. The molecule has 2 rings (SSSR count). The minimum Gasteiger partial charge on any atom is -0.264 e. The second-order valence-corrected chi connectivity index (χ2v) is 3.12. The maximum Gasteiger partial charge on any atom is 0.221 e. The zero-order chi connectivity index (χ0) is 8.55. The lowest BCUT2D eigenvalue weighted by Gasteiger charge is -1.96. The zero-order valence-electron chi connectivity index (χ0n) is 6.56. The minimum absolute atomic E-state index is 0.181. The maximum absolute atomic E-state index is 10.5. The second-order valence-electron chi connectivity index (χ2n) is 3.12. The molecule has 0 saturated carbocycles. The summed E-state index contributed by atoms with van der Waals surface area (Å²) in [6.07, 6.45) is 1.20. The van der Waals surface area contributed by atoms with Crippen molar-refractivity contribution in [1.29, 1.82) is 0 Å². The van der Waals surface area contributed by atoms with Crippen LogP contribution in [0.2, 0.25) is 0 Å². The van der Waals surface area contributed by atoms with Crippen LogP contribution in [0.15, 0.2) is 24.3 Å². The van der Waals surface area contributed by atoms with Crippen LogP contribution in [0.5, 0.6) is 0 Å². The highest BCUT2D eigenvalue weighted by molar-refractivity contribution is 5.32. The molecule has 0 spiro atoms. The van der Waals surface area contributed by atoms with Gasteiger partial charge in [0.25, 0.3) is 0 Å². The largest absolute Gasteiger partial charge is 0.264 e. The summed E-state index contributed by atoms with van der Waals surface area (Å²) in [4.78, 5) is 10.3. The zero-order valence-corrected chi connectivity index (χ0v) is 6.56. The van der Waals surface area contributed by atoms with Gasteiger partial charge in [0.15, 0.2) is 0 Å². The van der Waals surface area contributed by atoms with Gasteiger partial charge in [0.1, 0.15) is 0 Å². The number of nitrogens with zero attached hydrogens (tertiary/aromatic N) is 1. The van der Waals surface area contributed by atoms with E-state index in [1.54, 1.807) is 0 Å². The lowest BCUT2D eigenvalue weighted by Crippen LogP contribution is -2.18. The Labute approximate surface area is 70.2 Å². The van der Waals surface area contributed by atoms with Gasteiger partial charge in [0.2, 0.25) is 6.04 Å². The molecular weight excluding hydrogens is 154 g/mol. The minimum atomic E-state index is -0.387. The van der Waals surface area contributed by atoms with Crippen LogP contribution in [-0.4, -0.2) is 11.0 Å². The molecule has 0 heterocycles. The fraction of sp³-hybridized carbons (Fsp3) is 0.333. The first-order chi connectivity index (χ1) is 5.77. The second kappa shape index (κ2) is 2.59. The molecule has 12 heavy (non-hydrogen) atoms. The SMILES string of the molecule is O=[N+]([O-])C1Cc2ccccc2C1. The lowest BCUT2D eigenvalue weighted by molar-refractivity contribution is -0.519. The van der Waals surface area contributed by atoms with E-state index in [9.17, 15) is 10.1 Å². The van der Waals surface area contributed by atoms with Crippen molar-refractivity contribution >= 4 is 0 Å². The van der Waals surface area contributed by atoms with Crippen molar-refractivity contribution in [2.45, 2.75) is 18.9 Å². The molecule has 0 N–H and O–H groups in total. The highest BCUT2D eigenvalue weighted by Crippen LogP contribution is 2.22. The topological polar surface area (TPSA) is 43.1 Å². The van der Waals surface area contributed by atoms with Crippen LogP contribution in [0.4, 0.5) is 0 Å². The van der Waals surface area contributed by atoms with E-state index in [0.717, 1.165) is 11.1 Å². The van der Waals surface area contributed by atoms with E-state index in [1.807, 2.05) is 24.3 Å². The molecule has 0 bridgehead atoms. The van der Waals surface area contributed by atoms with E-state index >= 15 is 0 Å². The summed E-state index contributed by atoms with van der Waals surface area (Å²) in [5.41, 5.74) is 2.28. The summed E-state index contributed by atoms with van der Waals surface area (Å²) in [7, 11) is 0. The Morgan fingerprint density at radius 3 is 2.17 bits per heavy atom. The predicted octanol–water partition coefficient (Wildman–Crippen LogP) is 1.43. The number of hydrogen-bond donors (Lipinski definition) is 0. The summed E-state index contributed by atoms with van der Waals surface area (Å²) >= 11 is 0. The van der Waals surface area contributed by atoms with Gasteiger partial charge in [-0.2, -0.15) is 0 Å². The first kappa shape index (κ1) is 7.28. The summed E-state index contributed by atoms with van der Waals surface area (Å²) in [5, 5.41) is 10.5. The Morgan fingerprint density at radius 2 is 1.75 bits per heavy atom. The highest BCUT2D eigenvalue weighted by Gasteiger charge is 2.29. The standard InChI is InChI=1S/C9H9NO2/c11-10(12)9-5-7-3-1-2-4-8(7)6-9/h1-4,9H,5-6H2. The van der Waals surface area contributed by atoms with Gasteiger partial charge in [-0.3, -0.25) is 10.1 Å². The van der Waals surface area contributed by atoms with Crippen LogP contribution in [0.1, 0.15) is 11.1 Å². The molecule has 3 heteroatoms. The summed E-state index contributed by atoms with van der Waals surface area (Å²) in [5.74, 6) is 0. The quantitative estimate of drug-likeness (QED) is 0.464. The third-order valence-electron chi connectivity index (χ3n) is 2.33. The van der Waals surface area contributed by atoms with Crippen LogP contribution in [0.3, 0.4) is 0 Å². The third kappa shape index (κ3) is 1.07. The van der Waals surface area contributed by atoms with Crippen molar-refractivity contribution in [2.24, 2.45) is 0 Å². The Kier molecular flexibility index (Phi) is 1.57. The van der Waals surface area contributed by atoms with Crippen LogP contribution >= 0.6 is 0 Å². The Balaban J connectivity index is 2.27. The third-order valence-corrected chi connectivity index (χ3v) is 2.33. The molecule has 1 aliphatic carbocycles. The van der Waals surface area contributed by atoms with E-state index in [-0.39, 0.29) is 11.0 Å². The average molecular weight is 163 g/mol. The van der Waals surface area contributed by atoms with E-state index in [0.29, 0.717) is 12.8 Å². The lowest BCUT2D eigenvalue weighted by atomic mass is 10.1. The highest BCUT2D eigenvalue weighted by atomic mass is 16.6. The fourth-order valence-corrected chi connectivity index (χ4v) is 1.68. The molecule has 0 saturated heterocycles. The number of benzene rings is 1. The van der Waals surface area contributed by atoms with Gasteiger partial charge in [-0.15, -0.1) is 0 Å². The molecule has 3 nitrogen and oxygen atoms in total. The molecule has 0 fully saturated rings. The molecular formula is C9H9NO2. The Morgan fingerprint density at radius 1 is 1.25 bits per heavy atom. The molecule has 1 aliphatic rings. The van der Waals surface area contributed by atoms with Crippen molar-refractivity contribution in [1.82, 2.24) is 0 Å². The molecule has 0 amide bonds. The average Bonchev–Trinajstić information content (AvgIpc) is 2.46.